The average molecular weight is 308 g/mol. The Morgan fingerprint density at radius 3 is 2.23 bits per heavy atom. The number of aliphatic hydroxyl groups is 3. The zero-order chi connectivity index (χ0) is 15.7. The van der Waals surface area contributed by atoms with Crippen LogP contribution in [0.5, 0.6) is 0 Å². The van der Waals surface area contributed by atoms with Crippen LogP contribution in [0.15, 0.2) is 0 Å². The molecule has 4 saturated carbocycles. The number of hydrogen-bond acceptors (Lipinski definition) is 3. The minimum atomic E-state index is -0.233. The van der Waals surface area contributed by atoms with Crippen molar-refractivity contribution in [3.8, 4) is 0 Å². The van der Waals surface area contributed by atoms with Gasteiger partial charge in [-0.3, -0.25) is 0 Å². The Kier molecular flexibility index (Phi) is 3.46. The van der Waals surface area contributed by atoms with Crippen LogP contribution < -0.4 is 0 Å². The van der Waals surface area contributed by atoms with Crippen LogP contribution in [0, 0.1) is 34.5 Å². The SMILES string of the molecule is C[C@]12CC[C@@H](O)C[C@@H]1C[C@@H](O)[C@@H]1[C@H]2CC[C@@]2(C)[C@@H]1CC[C@@H]2O. The Morgan fingerprint density at radius 1 is 0.773 bits per heavy atom. The fraction of sp³-hybridized carbons (Fsp3) is 1.00. The lowest BCUT2D eigenvalue weighted by molar-refractivity contribution is -0.176. The van der Waals surface area contributed by atoms with Crippen molar-refractivity contribution < 1.29 is 15.3 Å². The first-order valence-electron chi connectivity index (χ1n) is 9.40. The maximum Gasteiger partial charge on any atom is 0.0596 e. The summed E-state index contributed by atoms with van der Waals surface area (Å²) in [5.74, 6) is 1.91. The fourth-order valence-corrected chi connectivity index (χ4v) is 7.17. The second-order valence-corrected chi connectivity index (χ2v) is 9.36. The summed E-state index contributed by atoms with van der Waals surface area (Å²) in [4.78, 5) is 0. The van der Waals surface area contributed by atoms with Crippen LogP contribution in [0.1, 0.15) is 65.2 Å². The molecule has 3 nitrogen and oxygen atoms in total. The lowest BCUT2D eigenvalue weighted by atomic mass is 9.44. The first-order chi connectivity index (χ1) is 10.4. The van der Waals surface area contributed by atoms with E-state index in [0.29, 0.717) is 23.7 Å². The highest BCUT2D eigenvalue weighted by Gasteiger charge is 2.62. The monoisotopic (exact) mass is 308 g/mol. The minimum absolute atomic E-state index is 0.0273. The van der Waals surface area contributed by atoms with Crippen LogP contribution in [-0.2, 0) is 0 Å². The Hall–Kier alpha value is -0.120. The Morgan fingerprint density at radius 2 is 1.45 bits per heavy atom. The Bertz CT molecular complexity index is 452. The van der Waals surface area contributed by atoms with Crippen molar-refractivity contribution in [3.05, 3.63) is 0 Å². The molecule has 9 atom stereocenters. The summed E-state index contributed by atoms with van der Waals surface area (Å²) in [5, 5.41) is 31.5. The molecule has 0 spiro atoms. The molecular weight excluding hydrogens is 276 g/mol. The predicted molar refractivity (Wildman–Crippen MR) is 85.1 cm³/mol. The van der Waals surface area contributed by atoms with E-state index in [4.69, 9.17) is 0 Å². The van der Waals surface area contributed by atoms with Crippen LogP contribution in [-0.4, -0.2) is 33.6 Å². The molecular formula is C19H32O3. The van der Waals surface area contributed by atoms with Crippen LogP contribution in [0.2, 0.25) is 0 Å². The summed E-state index contributed by atoms with van der Waals surface area (Å²) in [6.07, 6.45) is 7.45. The van der Waals surface area contributed by atoms with Gasteiger partial charge in [-0.2, -0.15) is 0 Å². The van der Waals surface area contributed by atoms with Gasteiger partial charge in [-0.05, 0) is 85.9 Å². The predicted octanol–water partition coefficient (Wildman–Crippen LogP) is 2.72. The normalized spacial score (nSPS) is 61.2. The van der Waals surface area contributed by atoms with Gasteiger partial charge in [-0.1, -0.05) is 13.8 Å². The molecule has 0 aromatic rings. The van der Waals surface area contributed by atoms with Crippen molar-refractivity contribution in [1.29, 1.82) is 0 Å². The van der Waals surface area contributed by atoms with E-state index < -0.39 is 0 Å². The van der Waals surface area contributed by atoms with Gasteiger partial charge in [0.1, 0.15) is 0 Å². The molecule has 4 fully saturated rings. The van der Waals surface area contributed by atoms with E-state index in [0.717, 1.165) is 51.4 Å². The van der Waals surface area contributed by atoms with E-state index in [1.165, 1.54) is 0 Å². The van der Waals surface area contributed by atoms with Crippen LogP contribution in [0.3, 0.4) is 0 Å². The van der Waals surface area contributed by atoms with E-state index in [9.17, 15) is 15.3 Å². The van der Waals surface area contributed by atoms with Crippen LogP contribution in [0.25, 0.3) is 0 Å². The lowest BCUT2D eigenvalue weighted by Crippen LogP contribution is -2.58. The van der Waals surface area contributed by atoms with Crippen molar-refractivity contribution in [1.82, 2.24) is 0 Å². The lowest BCUT2D eigenvalue weighted by Gasteiger charge is -2.62. The van der Waals surface area contributed by atoms with E-state index in [-0.39, 0.29) is 29.1 Å². The number of aliphatic hydroxyl groups excluding tert-OH is 3. The highest BCUT2D eigenvalue weighted by Crippen LogP contribution is 2.66. The second kappa shape index (κ2) is 4.94. The molecule has 4 aliphatic rings. The van der Waals surface area contributed by atoms with Crippen molar-refractivity contribution in [2.75, 3.05) is 0 Å². The molecule has 126 valence electrons. The summed E-state index contributed by atoms with van der Waals surface area (Å²) in [6, 6.07) is 0. The highest BCUT2D eigenvalue weighted by molar-refractivity contribution is 5.11. The summed E-state index contributed by atoms with van der Waals surface area (Å²) in [5.41, 5.74) is 0.317. The zero-order valence-corrected chi connectivity index (χ0v) is 14.0. The average Bonchev–Trinajstić information content (AvgIpc) is 2.77. The smallest absolute Gasteiger partial charge is 0.0596 e. The molecule has 0 aliphatic heterocycles. The fourth-order valence-electron chi connectivity index (χ4n) is 7.17. The standard InChI is InChI=1S/C19H32O3/c1-18-7-5-12(20)9-11(18)10-15(21)17-13-3-4-16(22)19(13,2)8-6-14(17)18/h11-17,20-22H,3-10H2,1-2H3/t11-,12-,13-,14-,15-,16+,17+,18+,19+/m1/s1. The molecule has 0 amide bonds. The van der Waals surface area contributed by atoms with Crippen molar-refractivity contribution >= 4 is 0 Å². The summed E-state index contributed by atoms with van der Waals surface area (Å²) >= 11 is 0. The van der Waals surface area contributed by atoms with Gasteiger partial charge in [0.05, 0.1) is 18.3 Å². The Balaban J connectivity index is 1.67. The van der Waals surface area contributed by atoms with E-state index in [1.54, 1.807) is 0 Å². The van der Waals surface area contributed by atoms with Crippen LogP contribution >= 0.6 is 0 Å². The second-order valence-electron chi connectivity index (χ2n) is 9.36. The highest BCUT2D eigenvalue weighted by atomic mass is 16.3. The summed E-state index contributed by atoms with van der Waals surface area (Å²) in [7, 11) is 0. The van der Waals surface area contributed by atoms with Gasteiger partial charge in [0.25, 0.3) is 0 Å². The minimum Gasteiger partial charge on any atom is -0.393 e. The molecule has 0 heterocycles. The topological polar surface area (TPSA) is 60.7 Å². The molecule has 22 heavy (non-hydrogen) atoms. The molecule has 0 saturated heterocycles. The van der Waals surface area contributed by atoms with Gasteiger partial charge >= 0.3 is 0 Å². The quantitative estimate of drug-likeness (QED) is 0.645. The molecule has 3 heteroatoms. The van der Waals surface area contributed by atoms with E-state index >= 15 is 0 Å². The molecule has 4 rings (SSSR count). The third-order valence-corrected chi connectivity index (χ3v) is 8.61. The first-order valence-corrected chi connectivity index (χ1v) is 9.40. The molecule has 0 unspecified atom stereocenters. The number of rotatable bonds is 0. The van der Waals surface area contributed by atoms with Gasteiger partial charge in [0, 0.05) is 0 Å². The summed E-state index contributed by atoms with van der Waals surface area (Å²) < 4.78 is 0. The van der Waals surface area contributed by atoms with Crippen molar-refractivity contribution in [2.24, 2.45) is 34.5 Å². The maximum atomic E-state index is 10.9. The third-order valence-electron chi connectivity index (χ3n) is 8.61. The number of hydrogen-bond donors (Lipinski definition) is 3. The zero-order valence-electron chi connectivity index (χ0n) is 14.0. The van der Waals surface area contributed by atoms with Crippen molar-refractivity contribution in [2.45, 2.75) is 83.5 Å². The van der Waals surface area contributed by atoms with Gasteiger partial charge in [0.15, 0.2) is 0 Å². The van der Waals surface area contributed by atoms with Gasteiger partial charge in [0.2, 0.25) is 0 Å². The molecule has 3 N–H and O–H groups in total. The van der Waals surface area contributed by atoms with Gasteiger partial charge in [-0.25, -0.2) is 0 Å². The van der Waals surface area contributed by atoms with Crippen molar-refractivity contribution in [3.63, 3.8) is 0 Å². The first kappa shape index (κ1) is 15.4. The number of fused-ring (bicyclic) bond motifs is 5. The maximum absolute atomic E-state index is 10.9. The molecule has 0 bridgehead atoms. The van der Waals surface area contributed by atoms with Crippen LogP contribution in [0.4, 0.5) is 0 Å². The van der Waals surface area contributed by atoms with E-state index in [2.05, 4.69) is 13.8 Å². The summed E-state index contributed by atoms with van der Waals surface area (Å²) in [6.45, 7) is 4.69. The molecule has 0 radical (unpaired) electrons. The van der Waals surface area contributed by atoms with E-state index in [1.807, 2.05) is 0 Å². The van der Waals surface area contributed by atoms with Gasteiger partial charge < -0.3 is 15.3 Å². The molecule has 4 aliphatic carbocycles. The molecule has 0 aromatic heterocycles. The Labute approximate surface area is 134 Å². The largest absolute Gasteiger partial charge is 0.393 e. The molecule has 0 aromatic carbocycles. The van der Waals surface area contributed by atoms with Gasteiger partial charge in [-0.15, -0.1) is 0 Å². The third kappa shape index (κ3) is 1.91.